The first-order valence-corrected chi connectivity index (χ1v) is 8.90. The van der Waals surface area contributed by atoms with E-state index in [-0.39, 0.29) is 6.04 Å². The zero-order valence-corrected chi connectivity index (χ0v) is 15.0. The van der Waals surface area contributed by atoms with E-state index in [1.54, 1.807) is 6.07 Å². The Morgan fingerprint density at radius 3 is 2.44 bits per heavy atom. The van der Waals surface area contributed by atoms with Crippen LogP contribution in [0.25, 0.3) is 0 Å². The van der Waals surface area contributed by atoms with E-state index < -0.39 is 5.97 Å². The summed E-state index contributed by atoms with van der Waals surface area (Å²) in [5.74, 6) is -0.872. The van der Waals surface area contributed by atoms with E-state index in [1.807, 2.05) is 25.1 Å². The topological polar surface area (TPSA) is 43.8 Å². The molecular formula is C21H26N2O2. The minimum Gasteiger partial charge on any atom is -0.478 e. The van der Waals surface area contributed by atoms with Crippen molar-refractivity contribution in [3.8, 4) is 0 Å². The highest BCUT2D eigenvalue weighted by Crippen LogP contribution is 2.29. The van der Waals surface area contributed by atoms with Gasteiger partial charge in [-0.2, -0.15) is 0 Å². The van der Waals surface area contributed by atoms with Gasteiger partial charge in [0, 0.05) is 19.3 Å². The van der Waals surface area contributed by atoms with E-state index in [2.05, 4.69) is 41.1 Å². The van der Waals surface area contributed by atoms with Crippen molar-refractivity contribution in [2.24, 2.45) is 0 Å². The maximum Gasteiger partial charge on any atom is 0.335 e. The van der Waals surface area contributed by atoms with Gasteiger partial charge in [0.2, 0.25) is 0 Å². The number of nitrogens with zero attached hydrogens (tertiary/aromatic N) is 2. The summed E-state index contributed by atoms with van der Waals surface area (Å²) in [4.78, 5) is 16.1. The molecule has 132 valence electrons. The molecule has 0 bridgehead atoms. The van der Waals surface area contributed by atoms with E-state index in [0.29, 0.717) is 5.56 Å². The van der Waals surface area contributed by atoms with E-state index >= 15 is 0 Å². The van der Waals surface area contributed by atoms with Gasteiger partial charge in [-0.25, -0.2) is 4.79 Å². The molecule has 0 saturated carbocycles. The second kappa shape index (κ2) is 7.70. The molecule has 0 aliphatic carbocycles. The predicted molar refractivity (Wildman–Crippen MR) is 101 cm³/mol. The second-order valence-electron chi connectivity index (χ2n) is 6.85. The number of carbonyl (C=O) groups is 1. The quantitative estimate of drug-likeness (QED) is 0.866. The van der Waals surface area contributed by atoms with Crippen LogP contribution in [0.1, 0.15) is 40.4 Å². The molecule has 1 aliphatic rings. The molecular weight excluding hydrogens is 312 g/mol. The number of carboxylic acids is 1. The molecule has 0 amide bonds. The van der Waals surface area contributed by atoms with Crippen LogP contribution in [0.3, 0.4) is 0 Å². The SMILES string of the molecule is Cc1cc(N(C)C(CN2CCCC2)c2ccccc2)ccc1C(=O)O. The van der Waals surface area contributed by atoms with Crippen LogP contribution in [0, 0.1) is 6.92 Å². The van der Waals surface area contributed by atoms with Crippen LogP contribution in [-0.4, -0.2) is 42.7 Å². The number of carboxylic acid groups (broad SMARTS) is 1. The van der Waals surface area contributed by atoms with Gasteiger partial charge in [-0.1, -0.05) is 30.3 Å². The van der Waals surface area contributed by atoms with Crippen molar-refractivity contribution < 1.29 is 9.90 Å². The summed E-state index contributed by atoms with van der Waals surface area (Å²) in [6, 6.07) is 16.4. The Kier molecular flexibility index (Phi) is 5.39. The van der Waals surface area contributed by atoms with Gasteiger partial charge in [0.1, 0.15) is 0 Å². The average Bonchev–Trinajstić information content (AvgIpc) is 3.12. The van der Waals surface area contributed by atoms with E-state index in [1.165, 1.54) is 18.4 Å². The van der Waals surface area contributed by atoms with Crippen molar-refractivity contribution in [2.45, 2.75) is 25.8 Å². The predicted octanol–water partition coefficient (Wildman–Crippen LogP) is 3.97. The third-order valence-corrected chi connectivity index (χ3v) is 5.13. The van der Waals surface area contributed by atoms with Crippen LogP contribution in [0.5, 0.6) is 0 Å². The summed E-state index contributed by atoms with van der Waals surface area (Å²) < 4.78 is 0. The minimum absolute atomic E-state index is 0.245. The number of likely N-dealkylation sites (tertiary alicyclic amines) is 1. The Morgan fingerprint density at radius 1 is 1.16 bits per heavy atom. The number of aromatic carboxylic acids is 1. The molecule has 4 heteroatoms. The van der Waals surface area contributed by atoms with Crippen molar-refractivity contribution in [3.05, 3.63) is 65.2 Å². The minimum atomic E-state index is -0.872. The molecule has 2 aromatic carbocycles. The number of rotatable bonds is 6. The lowest BCUT2D eigenvalue weighted by Crippen LogP contribution is -2.35. The van der Waals surface area contributed by atoms with Crippen molar-refractivity contribution >= 4 is 11.7 Å². The smallest absolute Gasteiger partial charge is 0.335 e. The summed E-state index contributed by atoms with van der Waals surface area (Å²) in [6.07, 6.45) is 2.55. The number of anilines is 1. The molecule has 1 saturated heterocycles. The maximum absolute atomic E-state index is 11.3. The Morgan fingerprint density at radius 2 is 1.84 bits per heavy atom. The van der Waals surface area contributed by atoms with Crippen LogP contribution in [-0.2, 0) is 0 Å². The Hall–Kier alpha value is -2.33. The molecule has 0 spiro atoms. The molecule has 25 heavy (non-hydrogen) atoms. The van der Waals surface area contributed by atoms with Gasteiger partial charge in [0.05, 0.1) is 11.6 Å². The summed E-state index contributed by atoms with van der Waals surface area (Å²) in [6.45, 7) is 5.17. The van der Waals surface area contributed by atoms with Gasteiger partial charge >= 0.3 is 5.97 Å². The monoisotopic (exact) mass is 338 g/mol. The summed E-state index contributed by atoms with van der Waals surface area (Å²) in [5, 5.41) is 9.25. The third-order valence-electron chi connectivity index (χ3n) is 5.13. The fraction of sp³-hybridized carbons (Fsp3) is 0.381. The molecule has 2 aromatic rings. The van der Waals surface area contributed by atoms with E-state index in [0.717, 1.165) is 30.9 Å². The lowest BCUT2D eigenvalue weighted by molar-refractivity contribution is 0.0696. The van der Waals surface area contributed by atoms with Crippen LogP contribution < -0.4 is 4.90 Å². The fourth-order valence-corrected chi connectivity index (χ4v) is 3.62. The highest BCUT2D eigenvalue weighted by Gasteiger charge is 2.23. The van der Waals surface area contributed by atoms with Crippen molar-refractivity contribution in [2.75, 3.05) is 31.6 Å². The Bertz CT molecular complexity index is 724. The van der Waals surface area contributed by atoms with Gasteiger partial charge in [-0.05, 0) is 62.2 Å². The first kappa shape index (κ1) is 17.5. The number of aryl methyl sites for hydroxylation is 1. The van der Waals surface area contributed by atoms with Crippen LogP contribution in [0.4, 0.5) is 5.69 Å². The summed E-state index contributed by atoms with van der Waals surface area (Å²) in [7, 11) is 2.10. The number of hydrogen-bond donors (Lipinski definition) is 1. The highest BCUT2D eigenvalue weighted by molar-refractivity contribution is 5.89. The molecule has 0 radical (unpaired) electrons. The van der Waals surface area contributed by atoms with Crippen LogP contribution >= 0.6 is 0 Å². The first-order valence-electron chi connectivity index (χ1n) is 8.90. The second-order valence-corrected chi connectivity index (χ2v) is 6.85. The van der Waals surface area contributed by atoms with E-state index in [4.69, 9.17) is 0 Å². The van der Waals surface area contributed by atoms with E-state index in [9.17, 15) is 9.90 Å². The van der Waals surface area contributed by atoms with Gasteiger partial charge in [0.15, 0.2) is 0 Å². The summed E-state index contributed by atoms with van der Waals surface area (Å²) in [5.41, 5.74) is 3.50. The summed E-state index contributed by atoms with van der Waals surface area (Å²) >= 11 is 0. The molecule has 0 aromatic heterocycles. The maximum atomic E-state index is 11.3. The van der Waals surface area contributed by atoms with Gasteiger partial charge in [-0.15, -0.1) is 0 Å². The first-order chi connectivity index (χ1) is 12.1. The fourth-order valence-electron chi connectivity index (χ4n) is 3.62. The van der Waals surface area contributed by atoms with Crippen molar-refractivity contribution in [3.63, 3.8) is 0 Å². The highest BCUT2D eigenvalue weighted by atomic mass is 16.4. The zero-order valence-electron chi connectivity index (χ0n) is 15.0. The molecule has 4 nitrogen and oxygen atoms in total. The molecule has 1 N–H and O–H groups in total. The molecule has 1 heterocycles. The lowest BCUT2D eigenvalue weighted by atomic mass is 10.0. The average molecular weight is 338 g/mol. The number of likely N-dealkylation sites (N-methyl/N-ethyl adjacent to an activating group) is 1. The van der Waals surface area contributed by atoms with Gasteiger partial charge < -0.3 is 14.9 Å². The van der Waals surface area contributed by atoms with Crippen molar-refractivity contribution in [1.82, 2.24) is 4.90 Å². The molecule has 3 rings (SSSR count). The third kappa shape index (κ3) is 4.02. The Labute approximate surface area is 149 Å². The zero-order chi connectivity index (χ0) is 17.8. The normalized spacial score (nSPS) is 15.9. The standard InChI is InChI=1S/C21H26N2O2/c1-16-14-18(10-11-19(16)21(24)25)22(2)20(15-23-12-6-7-13-23)17-8-4-3-5-9-17/h3-5,8-11,14,20H,6-7,12-13,15H2,1-2H3,(H,24,25). The number of benzene rings is 2. The van der Waals surface area contributed by atoms with Crippen molar-refractivity contribution in [1.29, 1.82) is 0 Å². The molecule has 1 aliphatic heterocycles. The Balaban J connectivity index is 1.89. The number of hydrogen-bond acceptors (Lipinski definition) is 3. The van der Waals surface area contributed by atoms with Crippen LogP contribution in [0.2, 0.25) is 0 Å². The largest absolute Gasteiger partial charge is 0.478 e. The molecule has 1 fully saturated rings. The van der Waals surface area contributed by atoms with Gasteiger partial charge in [0.25, 0.3) is 0 Å². The molecule has 1 atom stereocenters. The van der Waals surface area contributed by atoms with Gasteiger partial charge in [-0.3, -0.25) is 0 Å². The molecule has 1 unspecified atom stereocenters. The van der Waals surface area contributed by atoms with Crippen LogP contribution in [0.15, 0.2) is 48.5 Å². The lowest BCUT2D eigenvalue weighted by Gasteiger charge is -2.34.